The monoisotopic (exact) mass is 241 g/mol. The summed E-state index contributed by atoms with van der Waals surface area (Å²) in [6.07, 6.45) is 0.844. The molecule has 5 heteroatoms. The van der Waals surface area contributed by atoms with Gasteiger partial charge in [-0.1, -0.05) is 0 Å². The average Bonchev–Trinajstić information content (AvgIpc) is 2.58. The van der Waals surface area contributed by atoms with Crippen LogP contribution in [-0.2, 0) is 4.74 Å². The van der Waals surface area contributed by atoms with Crippen LogP contribution in [0.1, 0.15) is 27.2 Å². The van der Waals surface area contributed by atoms with E-state index in [4.69, 9.17) is 10.5 Å². The third-order valence-corrected chi connectivity index (χ3v) is 3.27. The molecule has 0 radical (unpaired) electrons. The van der Waals surface area contributed by atoms with Gasteiger partial charge in [0.25, 0.3) is 0 Å². The Balaban J connectivity index is 1.79. The number of hydrogen-bond donors (Lipinski definition) is 1. The molecule has 0 saturated carbocycles. The van der Waals surface area contributed by atoms with Crippen LogP contribution in [-0.4, -0.2) is 59.8 Å². The van der Waals surface area contributed by atoms with Crippen molar-refractivity contribution in [2.75, 3.05) is 26.2 Å². The highest BCUT2D eigenvalue weighted by molar-refractivity contribution is 5.68. The lowest BCUT2D eigenvalue weighted by atomic mass is 10.1. The molecule has 0 aromatic carbocycles. The molecule has 2 heterocycles. The van der Waals surface area contributed by atoms with Gasteiger partial charge in [0, 0.05) is 38.3 Å². The number of amides is 1. The number of rotatable bonds is 1. The SMILES string of the molecule is CC(C)(C)OC(=O)N1CC[C@H](N2CC(N)C2)C1. The van der Waals surface area contributed by atoms with E-state index in [0.29, 0.717) is 12.1 Å². The lowest BCUT2D eigenvalue weighted by molar-refractivity contribution is 0.0262. The summed E-state index contributed by atoms with van der Waals surface area (Å²) in [5, 5.41) is 0. The normalized spacial score (nSPS) is 27.1. The molecule has 98 valence electrons. The first-order chi connectivity index (χ1) is 7.85. The Morgan fingerprint density at radius 1 is 1.29 bits per heavy atom. The van der Waals surface area contributed by atoms with Crippen molar-refractivity contribution in [1.29, 1.82) is 0 Å². The number of hydrogen-bond acceptors (Lipinski definition) is 4. The van der Waals surface area contributed by atoms with Crippen LogP contribution in [0.25, 0.3) is 0 Å². The molecule has 2 saturated heterocycles. The van der Waals surface area contributed by atoms with Gasteiger partial charge >= 0.3 is 6.09 Å². The van der Waals surface area contributed by atoms with E-state index in [2.05, 4.69) is 4.90 Å². The maximum Gasteiger partial charge on any atom is 0.410 e. The third kappa shape index (κ3) is 3.10. The predicted octanol–water partition coefficient (Wildman–Crippen LogP) is 0.639. The Morgan fingerprint density at radius 3 is 2.47 bits per heavy atom. The number of carbonyl (C=O) groups excluding carboxylic acids is 1. The first-order valence-corrected chi connectivity index (χ1v) is 6.33. The van der Waals surface area contributed by atoms with Crippen molar-refractivity contribution in [3.63, 3.8) is 0 Å². The second-order valence-corrected chi connectivity index (χ2v) is 6.08. The van der Waals surface area contributed by atoms with Gasteiger partial charge in [0.1, 0.15) is 5.60 Å². The highest BCUT2D eigenvalue weighted by atomic mass is 16.6. The fourth-order valence-electron chi connectivity index (χ4n) is 2.38. The van der Waals surface area contributed by atoms with Gasteiger partial charge in [0.05, 0.1) is 0 Å². The van der Waals surface area contributed by atoms with Crippen LogP contribution in [0.5, 0.6) is 0 Å². The predicted molar refractivity (Wildman–Crippen MR) is 65.8 cm³/mol. The highest BCUT2D eigenvalue weighted by Crippen LogP contribution is 2.22. The minimum absolute atomic E-state index is 0.190. The van der Waals surface area contributed by atoms with Crippen LogP contribution in [0.2, 0.25) is 0 Å². The molecule has 0 aromatic rings. The van der Waals surface area contributed by atoms with Crippen LogP contribution in [0.4, 0.5) is 4.79 Å². The van der Waals surface area contributed by atoms with E-state index >= 15 is 0 Å². The molecule has 5 nitrogen and oxygen atoms in total. The van der Waals surface area contributed by atoms with Crippen molar-refractivity contribution in [2.45, 2.75) is 44.9 Å². The van der Waals surface area contributed by atoms with E-state index in [-0.39, 0.29) is 6.09 Å². The Kier molecular flexibility index (Phi) is 3.32. The van der Waals surface area contributed by atoms with Crippen molar-refractivity contribution >= 4 is 6.09 Å². The lowest BCUT2D eigenvalue weighted by Gasteiger charge is -2.41. The van der Waals surface area contributed by atoms with Gasteiger partial charge in [-0.2, -0.15) is 0 Å². The van der Waals surface area contributed by atoms with Gasteiger partial charge in [0.15, 0.2) is 0 Å². The topological polar surface area (TPSA) is 58.8 Å². The summed E-state index contributed by atoms with van der Waals surface area (Å²) in [6.45, 7) is 9.19. The lowest BCUT2D eigenvalue weighted by Crippen LogP contribution is -2.59. The highest BCUT2D eigenvalue weighted by Gasteiger charge is 2.36. The molecular formula is C12H23N3O2. The molecule has 0 bridgehead atoms. The molecule has 0 aliphatic carbocycles. The van der Waals surface area contributed by atoms with Gasteiger partial charge in [0.2, 0.25) is 0 Å². The van der Waals surface area contributed by atoms with Crippen molar-refractivity contribution in [1.82, 2.24) is 9.80 Å². The fourth-order valence-corrected chi connectivity index (χ4v) is 2.38. The molecule has 2 aliphatic heterocycles. The second-order valence-electron chi connectivity index (χ2n) is 6.08. The minimum Gasteiger partial charge on any atom is -0.444 e. The molecule has 2 rings (SSSR count). The fraction of sp³-hybridized carbons (Fsp3) is 0.917. The average molecular weight is 241 g/mol. The van der Waals surface area contributed by atoms with E-state index < -0.39 is 5.60 Å². The summed E-state index contributed by atoms with van der Waals surface area (Å²) in [5.74, 6) is 0. The zero-order valence-corrected chi connectivity index (χ0v) is 11.0. The Labute approximate surface area is 103 Å². The van der Waals surface area contributed by atoms with Crippen LogP contribution < -0.4 is 5.73 Å². The molecular weight excluding hydrogens is 218 g/mol. The zero-order valence-electron chi connectivity index (χ0n) is 11.0. The van der Waals surface area contributed by atoms with E-state index in [9.17, 15) is 4.79 Å². The summed E-state index contributed by atoms with van der Waals surface area (Å²) in [5.41, 5.74) is 5.36. The Morgan fingerprint density at radius 2 is 1.94 bits per heavy atom. The molecule has 2 N–H and O–H groups in total. The first-order valence-electron chi connectivity index (χ1n) is 6.33. The van der Waals surface area contributed by atoms with Crippen molar-refractivity contribution in [3.8, 4) is 0 Å². The molecule has 1 amide bonds. The molecule has 0 spiro atoms. The van der Waals surface area contributed by atoms with Gasteiger partial charge in [-0.05, 0) is 27.2 Å². The van der Waals surface area contributed by atoms with Crippen LogP contribution >= 0.6 is 0 Å². The van der Waals surface area contributed by atoms with Gasteiger partial charge in [-0.3, -0.25) is 4.90 Å². The van der Waals surface area contributed by atoms with Crippen LogP contribution in [0, 0.1) is 0 Å². The standard InChI is InChI=1S/C12H23N3O2/c1-12(2,3)17-11(16)14-5-4-10(8-14)15-6-9(13)7-15/h9-10H,4-8,13H2,1-3H3/t10-/m0/s1. The summed E-state index contributed by atoms with van der Waals surface area (Å²) in [6, 6.07) is 0.799. The summed E-state index contributed by atoms with van der Waals surface area (Å²) in [4.78, 5) is 16.0. The van der Waals surface area contributed by atoms with E-state index in [1.54, 1.807) is 4.90 Å². The summed E-state index contributed by atoms with van der Waals surface area (Å²) < 4.78 is 5.37. The smallest absolute Gasteiger partial charge is 0.410 e. The number of nitrogens with zero attached hydrogens (tertiary/aromatic N) is 2. The first kappa shape index (κ1) is 12.6. The van der Waals surface area contributed by atoms with E-state index in [0.717, 1.165) is 32.6 Å². The Bertz CT molecular complexity index is 295. The van der Waals surface area contributed by atoms with E-state index in [1.165, 1.54) is 0 Å². The largest absolute Gasteiger partial charge is 0.444 e. The third-order valence-electron chi connectivity index (χ3n) is 3.27. The molecule has 17 heavy (non-hydrogen) atoms. The number of carbonyl (C=O) groups is 1. The number of nitrogens with two attached hydrogens (primary N) is 1. The Hall–Kier alpha value is -0.810. The maximum absolute atomic E-state index is 11.9. The number of likely N-dealkylation sites (tertiary alicyclic amines) is 2. The zero-order chi connectivity index (χ0) is 12.6. The van der Waals surface area contributed by atoms with Gasteiger partial charge < -0.3 is 15.4 Å². The quantitative estimate of drug-likeness (QED) is 0.732. The van der Waals surface area contributed by atoms with E-state index in [1.807, 2.05) is 20.8 Å². The van der Waals surface area contributed by atoms with Crippen molar-refractivity contribution in [3.05, 3.63) is 0 Å². The van der Waals surface area contributed by atoms with Crippen LogP contribution in [0.15, 0.2) is 0 Å². The molecule has 2 fully saturated rings. The molecule has 0 aromatic heterocycles. The van der Waals surface area contributed by atoms with Crippen molar-refractivity contribution < 1.29 is 9.53 Å². The van der Waals surface area contributed by atoms with Gasteiger partial charge in [-0.25, -0.2) is 4.79 Å². The van der Waals surface area contributed by atoms with Crippen LogP contribution in [0.3, 0.4) is 0 Å². The summed E-state index contributed by atoms with van der Waals surface area (Å²) in [7, 11) is 0. The van der Waals surface area contributed by atoms with Gasteiger partial charge in [-0.15, -0.1) is 0 Å². The number of ether oxygens (including phenoxy) is 1. The molecule has 1 atom stereocenters. The summed E-state index contributed by atoms with van der Waals surface area (Å²) >= 11 is 0. The minimum atomic E-state index is -0.408. The molecule has 0 unspecified atom stereocenters. The van der Waals surface area contributed by atoms with Crippen molar-refractivity contribution in [2.24, 2.45) is 5.73 Å². The second kappa shape index (κ2) is 4.46. The molecule has 2 aliphatic rings. The maximum atomic E-state index is 11.9.